The van der Waals surface area contributed by atoms with Gasteiger partial charge in [-0.1, -0.05) is 18.2 Å². The zero-order valence-electron chi connectivity index (χ0n) is 14.8. The van der Waals surface area contributed by atoms with Crippen LogP contribution in [0.2, 0.25) is 0 Å². The van der Waals surface area contributed by atoms with Crippen molar-refractivity contribution in [1.29, 1.82) is 0 Å². The molecule has 5 nitrogen and oxygen atoms in total. The molecule has 0 saturated heterocycles. The minimum Gasteiger partial charge on any atom is -0.492 e. The van der Waals surface area contributed by atoms with Crippen molar-refractivity contribution in [3.05, 3.63) is 59.2 Å². The highest BCUT2D eigenvalue weighted by molar-refractivity contribution is 7.20. The van der Waals surface area contributed by atoms with Gasteiger partial charge in [-0.25, -0.2) is 9.18 Å². The van der Waals surface area contributed by atoms with E-state index in [4.69, 9.17) is 9.47 Å². The molecule has 0 radical (unpaired) electrons. The van der Waals surface area contributed by atoms with Crippen molar-refractivity contribution in [2.24, 2.45) is 0 Å². The summed E-state index contributed by atoms with van der Waals surface area (Å²) in [6, 6.07) is 13.1. The Morgan fingerprint density at radius 3 is 2.70 bits per heavy atom. The highest BCUT2D eigenvalue weighted by Gasteiger charge is 2.22. The number of halogens is 1. The number of amides is 1. The smallest absolute Gasteiger partial charge is 0.349 e. The van der Waals surface area contributed by atoms with Gasteiger partial charge in [0.25, 0.3) is 5.91 Å². The van der Waals surface area contributed by atoms with E-state index in [0.717, 1.165) is 11.3 Å². The lowest BCUT2D eigenvalue weighted by atomic mass is 10.2. The minimum atomic E-state index is -1.03. The van der Waals surface area contributed by atoms with Crippen LogP contribution in [0.25, 0.3) is 10.1 Å². The Hall–Kier alpha value is -2.93. The van der Waals surface area contributed by atoms with E-state index >= 15 is 0 Å². The summed E-state index contributed by atoms with van der Waals surface area (Å²) in [6.07, 6.45) is -1.03. The predicted molar refractivity (Wildman–Crippen MR) is 103 cm³/mol. The van der Waals surface area contributed by atoms with Gasteiger partial charge >= 0.3 is 5.97 Å². The number of hydrogen-bond acceptors (Lipinski definition) is 5. The standard InChI is InChI=1S/C20H18FNO4S/c1-3-25-16-9-5-4-8-15(16)22-19(23)12(2)26-20(24)18-11-13-14(21)7-6-10-17(13)27-18/h4-12H,3H2,1-2H3,(H,22,23)/t12-/m0/s1. The number of fused-ring (bicyclic) bond motifs is 1. The molecule has 0 aliphatic carbocycles. The number of hydrogen-bond donors (Lipinski definition) is 1. The molecule has 27 heavy (non-hydrogen) atoms. The first-order chi connectivity index (χ1) is 13.0. The summed E-state index contributed by atoms with van der Waals surface area (Å²) in [5.74, 6) is -1.02. The van der Waals surface area contributed by atoms with Gasteiger partial charge in [0, 0.05) is 10.1 Å². The van der Waals surface area contributed by atoms with Crippen LogP contribution in [0, 0.1) is 5.82 Å². The number of benzene rings is 2. The quantitative estimate of drug-likeness (QED) is 0.627. The van der Waals surface area contributed by atoms with Gasteiger partial charge in [-0.05, 0) is 44.2 Å². The highest BCUT2D eigenvalue weighted by atomic mass is 32.1. The molecule has 0 saturated carbocycles. The van der Waals surface area contributed by atoms with Gasteiger partial charge in [0.05, 0.1) is 12.3 Å². The van der Waals surface area contributed by atoms with Gasteiger partial charge in [-0.2, -0.15) is 0 Å². The fourth-order valence-corrected chi connectivity index (χ4v) is 3.44. The first-order valence-electron chi connectivity index (χ1n) is 8.41. The Kier molecular flexibility index (Phi) is 5.71. The summed E-state index contributed by atoms with van der Waals surface area (Å²) in [6.45, 7) is 3.78. The number of esters is 1. The van der Waals surface area contributed by atoms with Crippen LogP contribution in [0.15, 0.2) is 48.5 Å². The number of para-hydroxylation sites is 2. The molecule has 1 heterocycles. The first kappa shape index (κ1) is 18.8. The highest BCUT2D eigenvalue weighted by Crippen LogP contribution is 2.28. The SMILES string of the molecule is CCOc1ccccc1NC(=O)[C@H](C)OC(=O)c1cc2c(F)cccc2s1. The van der Waals surface area contributed by atoms with E-state index in [0.29, 0.717) is 28.1 Å². The van der Waals surface area contributed by atoms with Crippen LogP contribution < -0.4 is 10.1 Å². The third-order valence-corrected chi connectivity index (χ3v) is 4.89. The van der Waals surface area contributed by atoms with Gasteiger partial charge in [0.15, 0.2) is 6.10 Å². The van der Waals surface area contributed by atoms with Crippen molar-refractivity contribution in [3.63, 3.8) is 0 Å². The third-order valence-electron chi connectivity index (χ3n) is 3.81. The van der Waals surface area contributed by atoms with E-state index < -0.39 is 23.8 Å². The predicted octanol–water partition coefficient (Wildman–Crippen LogP) is 4.62. The first-order valence-corrected chi connectivity index (χ1v) is 9.23. The maximum atomic E-state index is 13.8. The molecule has 1 N–H and O–H groups in total. The lowest BCUT2D eigenvalue weighted by Crippen LogP contribution is -2.30. The summed E-state index contributed by atoms with van der Waals surface area (Å²) < 4.78 is 25.1. The van der Waals surface area contributed by atoms with Crippen LogP contribution in [0.1, 0.15) is 23.5 Å². The largest absolute Gasteiger partial charge is 0.492 e. The van der Waals surface area contributed by atoms with Crippen molar-refractivity contribution in [2.45, 2.75) is 20.0 Å². The van der Waals surface area contributed by atoms with E-state index in [2.05, 4.69) is 5.32 Å². The molecule has 0 unspecified atom stereocenters. The van der Waals surface area contributed by atoms with Gasteiger partial charge in [0.1, 0.15) is 16.4 Å². The summed E-state index contributed by atoms with van der Waals surface area (Å²) in [4.78, 5) is 24.9. The molecule has 1 atom stereocenters. The normalized spacial score (nSPS) is 11.8. The molecule has 7 heteroatoms. The number of nitrogens with one attached hydrogen (secondary N) is 1. The van der Waals surface area contributed by atoms with Crippen LogP contribution in [-0.4, -0.2) is 24.6 Å². The molecular formula is C20H18FNO4S. The Morgan fingerprint density at radius 2 is 1.96 bits per heavy atom. The van der Waals surface area contributed by atoms with Crippen LogP contribution in [-0.2, 0) is 9.53 Å². The van der Waals surface area contributed by atoms with Gasteiger partial charge in [-0.3, -0.25) is 4.79 Å². The van der Waals surface area contributed by atoms with Gasteiger partial charge in [0.2, 0.25) is 0 Å². The second-order valence-corrected chi connectivity index (χ2v) is 6.81. The van der Waals surface area contributed by atoms with Crippen LogP contribution in [0.5, 0.6) is 5.75 Å². The Labute approximate surface area is 159 Å². The molecule has 1 aromatic heterocycles. The monoisotopic (exact) mass is 387 g/mol. The number of thiophene rings is 1. The maximum absolute atomic E-state index is 13.8. The lowest BCUT2D eigenvalue weighted by Gasteiger charge is -2.15. The molecule has 1 amide bonds. The Morgan fingerprint density at radius 1 is 1.19 bits per heavy atom. The summed E-state index contributed by atoms with van der Waals surface area (Å²) in [5.41, 5.74) is 0.496. The molecule has 0 bridgehead atoms. The second-order valence-electron chi connectivity index (χ2n) is 5.73. The van der Waals surface area contributed by atoms with E-state index in [1.54, 1.807) is 36.4 Å². The van der Waals surface area contributed by atoms with Crippen molar-refractivity contribution in [2.75, 3.05) is 11.9 Å². The fraction of sp³-hybridized carbons (Fsp3) is 0.200. The van der Waals surface area contributed by atoms with Crippen LogP contribution in [0.3, 0.4) is 0 Å². The third kappa shape index (κ3) is 4.25. The molecule has 140 valence electrons. The molecule has 3 aromatic rings. The molecule has 2 aromatic carbocycles. The molecular weight excluding hydrogens is 369 g/mol. The Bertz CT molecular complexity index is 985. The van der Waals surface area contributed by atoms with Gasteiger partial charge < -0.3 is 14.8 Å². The lowest BCUT2D eigenvalue weighted by molar-refractivity contribution is -0.123. The number of ether oxygens (including phenoxy) is 2. The minimum absolute atomic E-state index is 0.240. The Balaban J connectivity index is 1.68. The zero-order valence-corrected chi connectivity index (χ0v) is 15.6. The van der Waals surface area contributed by atoms with E-state index in [-0.39, 0.29) is 4.88 Å². The number of carbonyl (C=O) groups is 2. The topological polar surface area (TPSA) is 64.6 Å². The molecule has 0 aliphatic heterocycles. The fourth-order valence-electron chi connectivity index (χ4n) is 2.48. The van der Waals surface area contributed by atoms with Crippen LogP contribution >= 0.6 is 11.3 Å². The summed E-state index contributed by atoms with van der Waals surface area (Å²) in [5, 5.41) is 3.05. The van der Waals surface area contributed by atoms with E-state index in [1.807, 2.05) is 6.92 Å². The summed E-state index contributed by atoms with van der Waals surface area (Å²) >= 11 is 1.12. The van der Waals surface area contributed by atoms with Crippen molar-refractivity contribution in [1.82, 2.24) is 0 Å². The van der Waals surface area contributed by atoms with E-state index in [9.17, 15) is 14.0 Å². The number of anilines is 1. The van der Waals surface area contributed by atoms with E-state index in [1.165, 1.54) is 19.1 Å². The van der Waals surface area contributed by atoms with Gasteiger partial charge in [-0.15, -0.1) is 11.3 Å². The average molecular weight is 387 g/mol. The molecule has 0 fully saturated rings. The molecule has 0 spiro atoms. The average Bonchev–Trinajstić information content (AvgIpc) is 3.09. The molecule has 0 aliphatic rings. The van der Waals surface area contributed by atoms with Crippen molar-refractivity contribution < 1.29 is 23.5 Å². The van der Waals surface area contributed by atoms with Crippen molar-refractivity contribution in [3.8, 4) is 5.75 Å². The number of carbonyl (C=O) groups excluding carboxylic acids is 2. The number of rotatable bonds is 6. The van der Waals surface area contributed by atoms with Crippen molar-refractivity contribution >= 4 is 39.0 Å². The zero-order chi connectivity index (χ0) is 19.4. The second kappa shape index (κ2) is 8.18. The van der Waals surface area contributed by atoms with Crippen LogP contribution in [0.4, 0.5) is 10.1 Å². The maximum Gasteiger partial charge on any atom is 0.349 e. The summed E-state index contributed by atoms with van der Waals surface area (Å²) in [7, 11) is 0. The molecule has 3 rings (SSSR count).